The van der Waals surface area contributed by atoms with Crippen LogP contribution in [-0.2, 0) is 4.79 Å². The van der Waals surface area contributed by atoms with Crippen LogP contribution in [0.3, 0.4) is 0 Å². The van der Waals surface area contributed by atoms with Crippen LogP contribution in [0.2, 0.25) is 5.02 Å². The summed E-state index contributed by atoms with van der Waals surface area (Å²) in [7, 11) is 0. The van der Waals surface area contributed by atoms with Crippen LogP contribution in [0.1, 0.15) is 13.3 Å². The van der Waals surface area contributed by atoms with Crippen molar-refractivity contribution in [1.29, 1.82) is 0 Å². The molecule has 2 atom stereocenters. The lowest BCUT2D eigenvalue weighted by molar-refractivity contribution is -0.117. The highest BCUT2D eigenvalue weighted by Crippen LogP contribution is 2.41. The summed E-state index contributed by atoms with van der Waals surface area (Å²) < 4.78 is 10.9. The molecular weight excluding hydrogens is 254 g/mol. The SMILES string of the molecule is CC1CC1C(=O)Nc1cc2c(cc1Cl)OCCO2. The van der Waals surface area contributed by atoms with Gasteiger partial charge in [0.15, 0.2) is 11.5 Å². The van der Waals surface area contributed by atoms with E-state index in [0.29, 0.717) is 41.3 Å². The van der Waals surface area contributed by atoms with Crippen LogP contribution in [0.25, 0.3) is 0 Å². The lowest BCUT2D eigenvalue weighted by Gasteiger charge is -2.20. The Kier molecular flexibility index (Phi) is 2.82. The Labute approximate surface area is 110 Å². The van der Waals surface area contributed by atoms with E-state index in [1.165, 1.54) is 0 Å². The molecule has 1 aliphatic heterocycles. The average Bonchev–Trinajstić information content (AvgIpc) is 3.07. The number of fused-ring (bicyclic) bond motifs is 1. The molecule has 1 aromatic carbocycles. The van der Waals surface area contributed by atoms with E-state index in [-0.39, 0.29) is 11.8 Å². The first-order valence-electron chi connectivity index (χ1n) is 6.05. The minimum absolute atomic E-state index is 0.0288. The lowest BCUT2D eigenvalue weighted by Crippen LogP contribution is -2.17. The van der Waals surface area contributed by atoms with Crippen molar-refractivity contribution >= 4 is 23.2 Å². The zero-order valence-corrected chi connectivity index (χ0v) is 10.8. The maximum atomic E-state index is 11.9. The monoisotopic (exact) mass is 267 g/mol. The molecule has 2 unspecified atom stereocenters. The smallest absolute Gasteiger partial charge is 0.227 e. The molecule has 0 radical (unpaired) electrons. The van der Waals surface area contributed by atoms with Crippen molar-refractivity contribution in [2.45, 2.75) is 13.3 Å². The van der Waals surface area contributed by atoms with Gasteiger partial charge in [-0.15, -0.1) is 0 Å². The zero-order valence-electron chi connectivity index (χ0n) is 10.0. The van der Waals surface area contributed by atoms with Gasteiger partial charge in [0.1, 0.15) is 13.2 Å². The van der Waals surface area contributed by atoms with Gasteiger partial charge in [0, 0.05) is 18.1 Å². The number of nitrogens with one attached hydrogen (secondary N) is 1. The largest absolute Gasteiger partial charge is 0.486 e. The number of benzene rings is 1. The third kappa shape index (κ3) is 2.12. The van der Waals surface area contributed by atoms with E-state index >= 15 is 0 Å². The quantitative estimate of drug-likeness (QED) is 0.896. The summed E-state index contributed by atoms with van der Waals surface area (Å²) in [5.41, 5.74) is 0.588. The third-order valence-electron chi connectivity index (χ3n) is 3.34. The molecule has 0 aromatic heterocycles. The fourth-order valence-corrected chi connectivity index (χ4v) is 2.27. The molecule has 4 nitrogen and oxygen atoms in total. The number of hydrogen-bond acceptors (Lipinski definition) is 3. The molecule has 2 aliphatic rings. The Morgan fingerprint density at radius 3 is 2.56 bits per heavy atom. The summed E-state index contributed by atoms with van der Waals surface area (Å²) in [4.78, 5) is 11.9. The minimum atomic E-state index is 0.0288. The highest BCUT2D eigenvalue weighted by atomic mass is 35.5. The Morgan fingerprint density at radius 1 is 1.33 bits per heavy atom. The average molecular weight is 268 g/mol. The second-order valence-electron chi connectivity index (χ2n) is 4.78. The second kappa shape index (κ2) is 4.35. The molecule has 96 valence electrons. The van der Waals surface area contributed by atoms with Crippen LogP contribution in [0.5, 0.6) is 11.5 Å². The van der Waals surface area contributed by atoms with Crippen molar-refractivity contribution in [3.63, 3.8) is 0 Å². The lowest BCUT2D eigenvalue weighted by atomic mass is 10.2. The number of ether oxygens (including phenoxy) is 2. The van der Waals surface area contributed by atoms with Gasteiger partial charge in [-0.1, -0.05) is 18.5 Å². The highest BCUT2D eigenvalue weighted by Gasteiger charge is 2.39. The van der Waals surface area contributed by atoms with Crippen LogP contribution in [0, 0.1) is 11.8 Å². The first-order valence-corrected chi connectivity index (χ1v) is 6.43. The molecule has 1 heterocycles. The van der Waals surface area contributed by atoms with E-state index in [2.05, 4.69) is 12.2 Å². The normalized spacial score (nSPS) is 24.6. The van der Waals surface area contributed by atoms with E-state index in [1.807, 2.05) is 0 Å². The second-order valence-corrected chi connectivity index (χ2v) is 5.19. The highest BCUT2D eigenvalue weighted by molar-refractivity contribution is 6.34. The van der Waals surface area contributed by atoms with Gasteiger partial charge in [0.25, 0.3) is 0 Å². The molecule has 1 saturated carbocycles. The van der Waals surface area contributed by atoms with Gasteiger partial charge in [-0.25, -0.2) is 0 Å². The summed E-state index contributed by atoms with van der Waals surface area (Å²) in [6.45, 7) is 3.10. The van der Waals surface area contributed by atoms with E-state index in [4.69, 9.17) is 21.1 Å². The molecule has 0 bridgehead atoms. The van der Waals surface area contributed by atoms with Crippen molar-refractivity contribution in [3.05, 3.63) is 17.2 Å². The van der Waals surface area contributed by atoms with Crippen molar-refractivity contribution in [2.75, 3.05) is 18.5 Å². The predicted octanol–water partition coefficient (Wildman–Crippen LogP) is 2.71. The summed E-state index contributed by atoms with van der Waals surface area (Å²) in [6.07, 6.45) is 0.952. The maximum Gasteiger partial charge on any atom is 0.227 e. The van der Waals surface area contributed by atoms with E-state index in [1.54, 1.807) is 12.1 Å². The van der Waals surface area contributed by atoms with Crippen LogP contribution in [0.4, 0.5) is 5.69 Å². The van der Waals surface area contributed by atoms with Gasteiger partial charge in [-0.2, -0.15) is 0 Å². The molecule has 1 amide bonds. The molecule has 5 heteroatoms. The van der Waals surface area contributed by atoms with E-state index in [9.17, 15) is 4.79 Å². The molecule has 1 fully saturated rings. The Hall–Kier alpha value is -1.42. The number of carbonyl (C=O) groups excluding carboxylic acids is 1. The third-order valence-corrected chi connectivity index (χ3v) is 3.65. The summed E-state index contributed by atoms with van der Waals surface area (Å²) in [5.74, 6) is 1.88. The minimum Gasteiger partial charge on any atom is -0.486 e. The molecule has 18 heavy (non-hydrogen) atoms. The van der Waals surface area contributed by atoms with Crippen LogP contribution < -0.4 is 14.8 Å². The topological polar surface area (TPSA) is 47.6 Å². The number of rotatable bonds is 2. The number of carbonyl (C=O) groups is 1. The zero-order chi connectivity index (χ0) is 12.7. The number of hydrogen-bond donors (Lipinski definition) is 1. The Balaban J connectivity index is 1.81. The summed E-state index contributed by atoms with van der Waals surface area (Å²) >= 11 is 6.12. The number of anilines is 1. The molecule has 3 rings (SSSR count). The summed E-state index contributed by atoms with van der Waals surface area (Å²) in [6, 6.07) is 3.41. The molecule has 0 spiro atoms. The molecule has 1 N–H and O–H groups in total. The van der Waals surface area contributed by atoms with Crippen molar-refractivity contribution < 1.29 is 14.3 Å². The van der Waals surface area contributed by atoms with E-state index in [0.717, 1.165) is 6.42 Å². The molecule has 0 saturated heterocycles. The Bertz CT molecular complexity index is 503. The maximum absolute atomic E-state index is 11.9. The summed E-state index contributed by atoms with van der Waals surface area (Å²) in [5, 5.41) is 3.32. The van der Waals surface area contributed by atoms with Crippen LogP contribution in [0.15, 0.2) is 12.1 Å². The van der Waals surface area contributed by atoms with Crippen LogP contribution >= 0.6 is 11.6 Å². The predicted molar refractivity (Wildman–Crippen MR) is 68.3 cm³/mol. The van der Waals surface area contributed by atoms with Gasteiger partial charge in [0.2, 0.25) is 5.91 Å². The van der Waals surface area contributed by atoms with Gasteiger partial charge < -0.3 is 14.8 Å². The van der Waals surface area contributed by atoms with Crippen molar-refractivity contribution in [2.24, 2.45) is 11.8 Å². The van der Waals surface area contributed by atoms with Gasteiger partial charge in [-0.3, -0.25) is 4.79 Å². The van der Waals surface area contributed by atoms with Gasteiger partial charge in [-0.05, 0) is 12.3 Å². The molecular formula is C13H14ClNO3. The number of amides is 1. The molecule has 1 aromatic rings. The standard InChI is InChI=1S/C13H14ClNO3/c1-7-4-8(7)13(16)15-10-6-12-11(5-9(10)14)17-2-3-18-12/h5-8H,2-4H2,1H3,(H,15,16). The van der Waals surface area contributed by atoms with Crippen molar-refractivity contribution in [1.82, 2.24) is 0 Å². The number of halogens is 1. The fraction of sp³-hybridized carbons (Fsp3) is 0.462. The Morgan fingerprint density at radius 2 is 1.94 bits per heavy atom. The van der Waals surface area contributed by atoms with Crippen LogP contribution in [-0.4, -0.2) is 19.1 Å². The van der Waals surface area contributed by atoms with Gasteiger partial charge in [0.05, 0.1) is 10.7 Å². The first-order chi connectivity index (χ1) is 8.65. The molecule has 1 aliphatic carbocycles. The van der Waals surface area contributed by atoms with Crippen molar-refractivity contribution in [3.8, 4) is 11.5 Å². The van der Waals surface area contributed by atoms with E-state index < -0.39 is 0 Å². The fourth-order valence-electron chi connectivity index (χ4n) is 2.07. The van der Waals surface area contributed by atoms with Gasteiger partial charge >= 0.3 is 0 Å². The first kappa shape index (κ1) is 11.7.